The fraction of sp³-hybridized carbons (Fsp3) is 0.545. The summed E-state index contributed by atoms with van der Waals surface area (Å²) < 4.78 is 7.79. The van der Waals surface area contributed by atoms with Gasteiger partial charge in [0.1, 0.15) is 6.10 Å². The predicted octanol–water partition coefficient (Wildman–Crippen LogP) is 2.59. The monoisotopic (exact) mass is 573 g/mol. The number of morpholine rings is 1. The van der Waals surface area contributed by atoms with Crippen molar-refractivity contribution in [3.63, 3.8) is 0 Å². The predicted molar refractivity (Wildman–Crippen MR) is 140 cm³/mol. The second-order valence-corrected chi connectivity index (χ2v) is 8.59. The molecule has 0 spiro atoms. The molecule has 3 heterocycles. The van der Waals surface area contributed by atoms with Gasteiger partial charge in [0.15, 0.2) is 5.96 Å². The van der Waals surface area contributed by atoms with Crippen LogP contribution in [0.15, 0.2) is 35.6 Å². The minimum atomic E-state index is -0.0118. The minimum Gasteiger partial charge on any atom is -0.370 e. The van der Waals surface area contributed by atoms with E-state index in [4.69, 9.17) is 16.3 Å². The molecule has 10 heteroatoms. The third-order valence-electron chi connectivity index (χ3n) is 6.04. The van der Waals surface area contributed by atoms with Gasteiger partial charge in [-0.2, -0.15) is 5.10 Å². The number of aliphatic imine (C=N–C) groups is 1. The zero-order valence-electron chi connectivity index (χ0n) is 19.0. The van der Waals surface area contributed by atoms with Gasteiger partial charge in [-0.1, -0.05) is 17.7 Å². The zero-order valence-corrected chi connectivity index (χ0v) is 22.1. The first-order chi connectivity index (χ1) is 15.0. The fourth-order valence-electron chi connectivity index (χ4n) is 4.22. The van der Waals surface area contributed by atoms with E-state index >= 15 is 0 Å². The van der Waals surface area contributed by atoms with E-state index in [0.29, 0.717) is 13.2 Å². The summed E-state index contributed by atoms with van der Waals surface area (Å²) in [4.78, 5) is 11.6. The molecule has 176 valence electrons. The average Bonchev–Trinajstić information content (AvgIpc) is 3.22. The lowest BCUT2D eigenvalue weighted by Crippen LogP contribution is -2.48. The lowest BCUT2D eigenvalue weighted by molar-refractivity contribution is -0.00805. The number of anilines is 1. The van der Waals surface area contributed by atoms with Gasteiger partial charge in [0.25, 0.3) is 0 Å². The highest BCUT2D eigenvalue weighted by molar-refractivity contribution is 14.0. The molecule has 4 rings (SSSR count). The number of aryl methyl sites for hydroxylation is 1. The lowest BCUT2D eigenvalue weighted by atomic mass is 10.1. The van der Waals surface area contributed by atoms with Crippen molar-refractivity contribution < 1.29 is 4.74 Å². The smallest absolute Gasteiger partial charge is 0.194 e. The Kier molecular flexibility index (Phi) is 9.04. The number of halogens is 2. The molecular weight excluding hydrogens is 541 g/mol. The molecule has 0 radical (unpaired) electrons. The third kappa shape index (κ3) is 5.86. The summed E-state index contributed by atoms with van der Waals surface area (Å²) in [5.74, 6) is 0.862. The maximum atomic E-state index is 6.64. The van der Waals surface area contributed by atoms with Gasteiger partial charge in [-0.15, -0.1) is 24.0 Å². The zero-order chi connectivity index (χ0) is 21.8. The van der Waals surface area contributed by atoms with E-state index in [1.165, 1.54) is 5.69 Å². The molecule has 1 N–H and O–H groups in total. The van der Waals surface area contributed by atoms with Gasteiger partial charge in [0.05, 0.1) is 19.3 Å². The topological polar surface area (TPSA) is 61.2 Å². The van der Waals surface area contributed by atoms with E-state index in [1.807, 2.05) is 43.3 Å². The van der Waals surface area contributed by atoms with Gasteiger partial charge in [-0.3, -0.25) is 9.67 Å². The second kappa shape index (κ2) is 11.5. The average molecular weight is 574 g/mol. The van der Waals surface area contributed by atoms with E-state index in [0.717, 1.165) is 61.4 Å². The van der Waals surface area contributed by atoms with Gasteiger partial charge in [0, 0.05) is 81.4 Å². The Labute approximate surface area is 212 Å². The van der Waals surface area contributed by atoms with Crippen molar-refractivity contribution in [3.05, 3.63) is 46.7 Å². The largest absolute Gasteiger partial charge is 0.370 e. The molecule has 2 aromatic rings. The van der Waals surface area contributed by atoms with Gasteiger partial charge in [0.2, 0.25) is 0 Å². The van der Waals surface area contributed by atoms with Crippen molar-refractivity contribution >= 4 is 47.2 Å². The van der Waals surface area contributed by atoms with Crippen LogP contribution in [-0.2, 0) is 18.3 Å². The minimum absolute atomic E-state index is 0. The van der Waals surface area contributed by atoms with Crippen molar-refractivity contribution in [3.8, 4) is 0 Å². The summed E-state index contributed by atoms with van der Waals surface area (Å²) >= 11 is 6.64. The number of piperazine rings is 1. The summed E-state index contributed by atoms with van der Waals surface area (Å²) in [7, 11) is 5.92. The van der Waals surface area contributed by atoms with Gasteiger partial charge < -0.3 is 24.8 Å². The van der Waals surface area contributed by atoms with E-state index in [1.54, 1.807) is 0 Å². The Morgan fingerprint density at radius 2 is 2.00 bits per heavy atom. The van der Waals surface area contributed by atoms with Crippen LogP contribution in [0.2, 0.25) is 5.02 Å². The van der Waals surface area contributed by atoms with Crippen molar-refractivity contribution in [2.75, 3.05) is 64.9 Å². The summed E-state index contributed by atoms with van der Waals surface area (Å²) in [6.45, 7) is 6.95. The Balaban J connectivity index is 0.00000289. The van der Waals surface area contributed by atoms with Gasteiger partial charge >= 0.3 is 0 Å². The van der Waals surface area contributed by atoms with Crippen LogP contribution >= 0.6 is 35.6 Å². The number of likely N-dealkylation sites (N-methyl/N-ethyl adjacent to an activating group) is 1. The van der Waals surface area contributed by atoms with Crippen molar-refractivity contribution in [1.82, 2.24) is 24.9 Å². The normalized spacial score (nSPS) is 20.2. The molecule has 0 saturated carbocycles. The quantitative estimate of drug-likeness (QED) is 0.345. The molecule has 2 aliphatic rings. The van der Waals surface area contributed by atoms with Crippen LogP contribution in [0, 0.1) is 0 Å². The molecule has 8 nitrogen and oxygen atoms in total. The van der Waals surface area contributed by atoms with E-state index in [9.17, 15) is 0 Å². The molecule has 2 aliphatic heterocycles. The molecule has 0 aliphatic carbocycles. The number of ether oxygens (including phenoxy) is 1. The van der Waals surface area contributed by atoms with Gasteiger partial charge in [-0.25, -0.2) is 0 Å². The van der Waals surface area contributed by atoms with Crippen molar-refractivity contribution in [2.45, 2.75) is 12.6 Å². The Hall–Kier alpha value is -1.56. The second-order valence-electron chi connectivity index (χ2n) is 8.18. The van der Waals surface area contributed by atoms with Crippen LogP contribution < -0.4 is 10.2 Å². The first-order valence-electron chi connectivity index (χ1n) is 10.8. The van der Waals surface area contributed by atoms with Crippen molar-refractivity contribution in [2.24, 2.45) is 12.0 Å². The number of rotatable bonds is 4. The van der Waals surface area contributed by atoms with E-state index < -0.39 is 0 Å². The number of guanidine groups is 1. The molecule has 0 bridgehead atoms. The Morgan fingerprint density at radius 3 is 2.69 bits per heavy atom. The van der Waals surface area contributed by atoms with Crippen LogP contribution in [0.4, 0.5) is 5.69 Å². The molecule has 2 fully saturated rings. The molecule has 0 amide bonds. The maximum absolute atomic E-state index is 6.64. The van der Waals surface area contributed by atoms with Gasteiger partial charge in [-0.05, 0) is 19.2 Å². The summed E-state index contributed by atoms with van der Waals surface area (Å²) in [6.07, 6.45) is 3.87. The number of nitrogens with one attached hydrogen (secondary N) is 1. The maximum Gasteiger partial charge on any atom is 0.194 e. The summed E-state index contributed by atoms with van der Waals surface area (Å²) in [6, 6.07) is 6.17. The summed E-state index contributed by atoms with van der Waals surface area (Å²) in [5.41, 5.74) is 3.41. The standard InChI is InChI=1S/C22H32ClN7O.HI/c1-24-22(30-11-12-31-21(16-30)17-13-26-28(3)15-17)25-14-18-19(23)5-4-6-20(18)29-9-7-27(2)8-10-29;/h4-6,13,15,21H,7-12,14,16H2,1-3H3,(H,24,25);1H. The van der Waals surface area contributed by atoms with Crippen LogP contribution in [0.25, 0.3) is 0 Å². The highest BCUT2D eigenvalue weighted by Gasteiger charge is 2.26. The first kappa shape index (κ1) is 25.1. The molecule has 1 unspecified atom stereocenters. The highest BCUT2D eigenvalue weighted by Crippen LogP contribution is 2.28. The number of hydrogen-bond acceptors (Lipinski definition) is 5. The number of hydrogen-bond donors (Lipinski definition) is 1. The van der Waals surface area contributed by atoms with Crippen LogP contribution in [0.3, 0.4) is 0 Å². The van der Waals surface area contributed by atoms with Crippen molar-refractivity contribution in [1.29, 1.82) is 0 Å². The first-order valence-corrected chi connectivity index (χ1v) is 11.2. The van der Waals surface area contributed by atoms with E-state index in [2.05, 4.69) is 43.2 Å². The number of benzene rings is 1. The fourth-order valence-corrected chi connectivity index (χ4v) is 4.45. The Bertz CT molecular complexity index is 913. The Morgan fingerprint density at radius 1 is 1.22 bits per heavy atom. The summed E-state index contributed by atoms with van der Waals surface area (Å²) in [5, 5.41) is 8.60. The van der Waals surface area contributed by atoms with Crippen LogP contribution in [0.5, 0.6) is 0 Å². The van der Waals surface area contributed by atoms with Crippen LogP contribution in [0.1, 0.15) is 17.2 Å². The lowest BCUT2D eigenvalue weighted by Gasteiger charge is -2.36. The number of nitrogens with zero attached hydrogens (tertiary/aromatic N) is 6. The molecule has 2 saturated heterocycles. The number of aromatic nitrogens is 2. The molecule has 32 heavy (non-hydrogen) atoms. The molecule has 1 aromatic heterocycles. The highest BCUT2D eigenvalue weighted by atomic mass is 127. The molecule has 1 aromatic carbocycles. The molecular formula is C22H33ClIN7O. The SMILES string of the molecule is CN=C(NCc1c(Cl)cccc1N1CCN(C)CC1)N1CCOC(c2cnn(C)c2)C1.I. The third-order valence-corrected chi connectivity index (χ3v) is 6.39. The van der Waals surface area contributed by atoms with Crippen LogP contribution in [-0.4, -0.2) is 85.5 Å². The molecule has 1 atom stereocenters. The van der Waals surface area contributed by atoms with E-state index in [-0.39, 0.29) is 30.1 Å².